The van der Waals surface area contributed by atoms with Gasteiger partial charge in [-0.15, -0.1) is 0 Å². The molecule has 0 atom stereocenters. The van der Waals surface area contributed by atoms with Crippen molar-refractivity contribution >= 4 is 17.9 Å². The Labute approximate surface area is 144 Å². The van der Waals surface area contributed by atoms with Gasteiger partial charge in [0.25, 0.3) is 5.91 Å². The van der Waals surface area contributed by atoms with E-state index in [1.54, 1.807) is 12.1 Å². The topological polar surface area (TPSA) is 29.1 Å². The van der Waals surface area contributed by atoms with Gasteiger partial charge in [0.1, 0.15) is 0 Å². The summed E-state index contributed by atoms with van der Waals surface area (Å²) in [5, 5.41) is 0. The molecule has 1 aliphatic rings. The van der Waals surface area contributed by atoms with Crippen LogP contribution in [0.25, 0.3) is 0 Å². The summed E-state index contributed by atoms with van der Waals surface area (Å²) >= 11 is 1.00. The van der Waals surface area contributed by atoms with Crippen LogP contribution in [0.2, 0.25) is 0 Å². The molecule has 0 aliphatic heterocycles. The maximum atomic E-state index is 12.9. The largest absolute Gasteiger partial charge is 0.406 e. The van der Waals surface area contributed by atoms with E-state index in [0.717, 1.165) is 17.5 Å². The zero-order chi connectivity index (χ0) is 18.7. The molecule has 0 unspecified atom stereocenters. The highest BCUT2D eigenvalue weighted by atomic mass is 32.2. The molecule has 1 aromatic carbocycles. The Morgan fingerprint density at radius 3 is 2.16 bits per heavy atom. The first-order valence-electron chi connectivity index (χ1n) is 7.06. The molecule has 136 valence electrons. The zero-order valence-electron chi connectivity index (χ0n) is 12.6. The fraction of sp³-hybridized carbons (Fsp3) is 0.312. The molecule has 0 saturated heterocycles. The molecule has 1 amide bonds. The number of allylic oxidation sites excluding steroid dienone is 2. The van der Waals surface area contributed by atoms with E-state index in [2.05, 4.69) is 4.72 Å². The molecule has 0 saturated carbocycles. The van der Waals surface area contributed by atoms with Crippen molar-refractivity contribution in [2.45, 2.75) is 24.5 Å². The van der Waals surface area contributed by atoms with E-state index in [1.165, 1.54) is 0 Å². The summed E-state index contributed by atoms with van der Waals surface area (Å²) in [6, 6.07) is 9.06. The van der Waals surface area contributed by atoms with Gasteiger partial charge >= 0.3 is 12.4 Å². The van der Waals surface area contributed by atoms with Crippen molar-refractivity contribution < 1.29 is 31.1 Å². The Morgan fingerprint density at radius 2 is 1.68 bits per heavy atom. The number of benzene rings is 1. The first-order valence-corrected chi connectivity index (χ1v) is 8.04. The highest BCUT2D eigenvalue weighted by Gasteiger charge is 2.68. The number of carbonyl (C=O) groups excluding carboxylic acids is 1. The van der Waals surface area contributed by atoms with Crippen molar-refractivity contribution in [2.24, 2.45) is 5.41 Å². The number of amides is 1. The van der Waals surface area contributed by atoms with E-state index in [-0.39, 0.29) is 11.6 Å². The Bertz CT molecular complexity index is 664. The second-order valence-corrected chi connectivity index (χ2v) is 6.15. The predicted octanol–water partition coefficient (Wildman–Crippen LogP) is 4.95. The van der Waals surface area contributed by atoms with Crippen molar-refractivity contribution in [1.29, 1.82) is 0 Å². The van der Waals surface area contributed by atoms with E-state index in [4.69, 9.17) is 0 Å². The molecule has 0 radical (unpaired) electrons. The molecule has 9 heteroatoms. The minimum Gasteiger partial charge on any atom is -0.296 e. The van der Waals surface area contributed by atoms with Crippen LogP contribution in [-0.4, -0.2) is 18.3 Å². The molecular formula is C16H13F6NOS. The highest BCUT2D eigenvalue weighted by Crippen LogP contribution is 2.55. The van der Waals surface area contributed by atoms with Gasteiger partial charge in [-0.1, -0.05) is 48.6 Å². The Hall–Kier alpha value is -1.90. The SMILES string of the molecule is O=C(NSCc1ccccc1)C1=CCC(C(F)(F)F)(C(F)(F)F)C=C1. The standard InChI is InChI=1S/C16H13F6NOS/c17-15(18,19)14(16(20,21)22)8-6-12(7-9-14)13(24)23-25-10-11-4-2-1-3-5-11/h1-8H,9-10H2,(H,23,24). The van der Waals surface area contributed by atoms with Crippen molar-refractivity contribution in [3.05, 3.63) is 59.7 Å². The summed E-state index contributed by atoms with van der Waals surface area (Å²) < 4.78 is 79.8. The molecule has 0 heterocycles. The van der Waals surface area contributed by atoms with Crippen LogP contribution >= 0.6 is 11.9 Å². The number of carbonyl (C=O) groups is 1. The second kappa shape index (κ2) is 7.15. The number of nitrogens with one attached hydrogen (secondary N) is 1. The Balaban J connectivity index is 2.00. The third-order valence-electron chi connectivity index (χ3n) is 3.71. The normalized spacial score (nSPS) is 17.1. The lowest BCUT2D eigenvalue weighted by Crippen LogP contribution is -2.49. The smallest absolute Gasteiger partial charge is 0.296 e. The fourth-order valence-electron chi connectivity index (χ4n) is 2.21. The molecule has 0 aromatic heterocycles. The van der Waals surface area contributed by atoms with Crippen molar-refractivity contribution in [1.82, 2.24) is 4.72 Å². The van der Waals surface area contributed by atoms with Crippen LogP contribution in [0, 0.1) is 5.41 Å². The molecule has 1 aliphatic carbocycles. The van der Waals surface area contributed by atoms with Crippen LogP contribution < -0.4 is 4.72 Å². The van der Waals surface area contributed by atoms with Gasteiger partial charge in [-0.3, -0.25) is 9.52 Å². The van der Waals surface area contributed by atoms with E-state index in [1.807, 2.05) is 18.2 Å². The Kier molecular flexibility index (Phi) is 5.55. The third-order valence-corrected chi connectivity index (χ3v) is 4.52. The summed E-state index contributed by atoms with van der Waals surface area (Å²) in [5.74, 6) is -0.325. The molecule has 1 N–H and O–H groups in total. The maximum absolute atomic E-state index is 12.9. The quantitative estimate of drug-likeness (QED) is 0.591. The lowest BCUT2D eigenvalue weighted by Gasteiger charge is -2.35. The Morgan fingerprint density at radius 1 is 1.08 bits per heavy atom. The number of hydrogen-bond donors (Lipinski definition) is 1. The van der Waals surface area contributed by atoms with Gasteiger partial charge in [0.15, 0.2) is 5.41 Å². The molecule has 25 heavy (non-hydrogen) atoms. The summed E-state index contributed by atoms with van der Waals surface area (Å²) in [7, 11) is 0. The van der Waals surface area contributed by atoms with Crippen LogP contribution in [0.3, 0.4) is 0 Å². The first kappa shape index (κ1) is 19.4. The van der Waals surface area contributed by atoms with Crippen LogP contribution in [-0.2, 0) is 10.5 Å². The van der Waals surface area contributed by atoms with Gasteiger partial charge in [-0.2, -0.15) is 26.3 Å². The second-order valence-electron chi connectivity index (χ2n) is 5.37. The molecule has 0 fully saturated rings. The van der Waals surface area contributed by atoms with Gasteiger partial charge in [-0.25, -0.2) is 0 Å². The number of alkyl halides is 6. The van der Waals surface area contributed by atoms with Gasteiger partial charge in [-0.05, 0) is 23.9 Å². The maximum Gasteiger partial charge on any atom is 0.406 e. The molecule has 1 aromatic rings. The minimum atomic E-state index is -5.50. The summed E-state index contributed by atoms with van der Waals surface area (Å²) in [5.41, 5.74) is -3.28. The molecule has 2 rings (SSSR count). The average molecular weight is 381 g/mol. The monoisotopic (exact) mass is 381 g/mol. The molecular weight excluding hydrogens is 368 g/mol. The first-order chi connectivity index (χ1) is 11.6. The van der Waals surface area contributed by atoms with Crippen LogP contribution in [0.4, 0.5) is 26.3 Å². The summed E-state index contributed by atoms with van der Waals surface area (Å²) in [6.45, 7) is 0. The third kappa shape index (κ3) is 4.20. The van der Waals surface area contributed by atoms with Crippen LogP contribution in [0.5, 0.6) is 0 Å². The zero-order valence-corrected chi connectivity index (χ0v) is 13.4. The number of hydrogen-bond acceptors (Lipinski definition) is 2. The van der Waals surface area contributed by atoms with Crippen LogP contribution in [0.15, 0.2) is 54.1 Å². The molecule has 0 bridgehead atoms. The molecule has 2 nitrogen and oxygen atoms in total. The predicted molar refractivity (Wildman–Crippen MR) is 82.3 cm³/mol. The molecule has 0 spiro atoms. The van der Waals surface area contributed by atoms with Crippen molar-refractivity contribution in [2.75, 3.05) is 0 Å². The fourth-order valence-corrected chi connectivity index (χ4v) is 2.89. The number of halogens is 6. The van der Waals surface area contributed by atoms with E-state index in [9.17, 15) is 31.1 Å². The average Bonchev–Trinajstić information content (AvgIpc) is 2.54. The van der Waals surface area contributed by atoms with Gasteiger partial charge < -0.3 is 0 Å². The van der Waals surface area contributed by atoms with E-state index in [0.29, 0.717) is 17.9 Å². The van der Waals surface area contributed by atoms with Gasteiger partial charge in [0.05, 0.1) is 0 Å². The minimum absolute atomic E-state index is 0.0176. The number of rotatable bonds is 4. The van der Waals surface area contributed by atoms with Crippen LogP contribution in [0.1, 0.15) is 12.0 Å². The highest BCUT2D eigenvalue weighted by molar-refractivity contribution is 7.97. The lowest BCUT2D eigenvalue weighted by atomic mass is 9.78. The summed E-state index contributed by atoms with van der Waals surface area (Å²) in [6.07, 6.45) is -11.1. The van der Waals surface area contributed by atoms with Gasteiger partial charge in [0, 0.05) is 11.3 Å². The van der Waals surface area contributed by atoms with E-state index < -0.39 is 30.1 Å². The van der Waals surface area contributed by atoms with Crippen molar-refractivity contribution in [3.8, 4) is 0 Å². The van der Waals surface area contributed by atoms with E-state index >= 15 is 0 Å². The lowest BCUT2D eigenvalue weighted by molar-refractivity contribution is -0.320. The summed E-state index contributed by atoms with van der Waals surface area (Å²) in [4.78, 5) is 11.9. The van der Waals surface area contributed by atoms with Crippen molar-refractivity contribution in [3.63, 3.8) is 0 Å². The van der Waals surface area contributed by atoms with Gasteiger partial charge in [0.2, 0.25) is 0 Å².